The number of fused-ring (bicyclic) bond motifs is 1. The molecule has 2 aliphatic rings. The van der Waals surface area contributed by atoms with E-state index < -0.39 is 0 Å². The van der Waals surface area contributed by atoms with Crippen LogP contribution in [0.2, 0.25) is 0 Å². The maximum atomic E-state index is 5.65. The lowest BCUT2D eigenvalue weighted by Crippen LogP contribution is -2.23. The Bertz CT molecular complexity index is 424. The second-order valence-corrected chi connectivity index (χ2v) is 6.31. The van der Waals surface area contributed by atoms with Gasteiger partial charge in [0.1, 0.15) is 13.2 Å². The molecule has 98 valence electrons. The summed E-state index contributed by atoms with van der Waals surface area (Å²) in [5.74, 6) is 2.89. The predicted molar refractivity (Wildman–Crippen MR) is 74.7 cm³/mol. The largest absolute Gasteiger partial charge is 0.486 e. The van der Waals surface area contributed by atoms with Crippen LogP contribution >= 0.6 is 11.8 Å². The van der Waals surface area contributed by atoms with Crippen molar-refractivity contribution in [1.29, 1.82) is 0 Å². The summed E-state index contributed by atoms with van der Waals surface area (Å²) < 4.78 is 11.2. The van der Waals surface area contributed by atoms with Gasteiger partial charge in [0.25, 0.3) is 0 Å². The third-order valence-corrected chi connectivity index (χ3v) is 4.79. The zero-order valence-corrected chi connectivity index (χ0v) is 11.5. The molecule has 0 amide bonds. The molecular formula is C14H19NO2S. The molecule has 2 unspecified atom stereocenters. The van der Waals surface area contributed by atoms with Crippen molar-refractivity contribution in [2.24, 2.45) is 0 Å². The van der Waals surface area contributed by atoms with Gasteiger partial charge in [-0.25, -0.2) is 0 Å². The number of rotatable bonds is 1. The van der Waals surface area contributed by atoms with E-state index in [4.69, 9.17) is 9.47 Å². The lowest BCUT2D eigenvalue weighted by Gasteiger charge is -2.21. The van der Waals surface area contributed by atoms with Crippen molar-refractivity contribution in [1.82, 2.24) is 5.32 Å². The number of thioether (sulfide) groups is 1. The smallest absolute Gasteiger partial charge is 0.161 e. The number of nitrogens with one attached hydrogen (secondary N) is 1. The highest BCUT2D eigenvalue weighted by molar-refractivity contribution is 7.99. The normalized spacial score (nSPS) is 27.6. The summed E-state index contributed by atoms with van der Waals surface area (Å²) in [4.78, 5) is 0. The van der Waals surface area contributed by atoms with Crippen LogP contribution in [0.15, 0.2) is 18.2 Å². The number of hydrogen-bond donors (Lipinski definition) is 1. The van der Waals surface area contributed by atoms with E-state index in [1.165, 1.54) is 12.0 Å². The van der Waals surface area contributed by atoms with Crippen molar-refractivity contribution in [3.8, 4) is 11.5 Å². The molecule has 1 saturated heterocycles. The summed E-state index contributed by atoms with van der Waals surface area (Å²) in [5.41, 5.74) is 1.31. The average molecular weight is 265 g/mol. The maximum absolute atomic E-state index is 5.65. The van der Waals surface area contributed by atoms with Gasteiger partial charge in [0.05, 0.1) is 0 Å². The first-order chi connectivity index (χ1) is 8.83. The summed E-state index contributed by atoms with van der Waals surface area (Å²) in [6.45, 7) is 4.70. The predicted octanol–water partition coefficient (Wildman–Crippen LogP) is 2.61. The molecule has 2 heterocycles. The van der Waals surface area contributed by atoms with E-state index >= 15 is 0 Å². The lowest BCUT2D eigenvalue weighted by atomic mass is 10.1. The molecule has 3 rings (SSSR count). The molecular weight excluding hydrogens is 246 g/mol. The molecule has 0 aliphatic carbocycles. The Balaban J connectivity index is 1.79. The minimum absolute atomic E-state index is 0.427. The van der Waals surface area contributed by atoms with Gasteiger partial charge in [0, 0.05) is 17.0 Å². The molecule has 3 nitrogen and oxygen atoms in total. The molecule has 0 saturated carbocycles. The molecule has 0 radical (unpaired) electrons. The molecule has 18 heavy (non-hydrogen) atoms. The van der Waals surface area contributed by atoms with E-state index in [9.17, 15) is 0 Å². The van der Waals surface area contributed by atoms with Gasteiger partial charge in [-0.05, 0) is 30.7 Å². The summed E-state index contributed by atoms with van der Waals surface area (Å²) in [5, 5.41) is 4.37. The molecule has 2 aliphatic heterocycles. The van der Waals surface area contributed by atoms with E-state index in [0.717, 1.165) is 29.0 Å². The fourth-order valence-electron chi connectivity index (χ4n) is 2.35. The van der Waals surface area contributed by atoms with Crippen LogP contribution in [-0.4, -0.2) is 30.8 Å². The first kappa shape index (κ1) is 12.2. The topological polar surface area (TPSA) is 30.5 Å². The van der Waals surface area contributed by atoms with Gasteiger partial charge in [-0.3, -0.25) is 0 Å². The standard InChI is InChI=1S/C14H19NO2S/c1-10-4-5-15-12(9-18-10)11-2-3-13-14(8-11)17-7-6-16-13/h2-3,8,10,12,15H,4-7,9H2,1H3. The third-order valence-electron chi connectivity index (χ3n) is 3.46. The SMILES string of the molecule is CC1CCNC(c2ccc3c(c2)OCCO3)CS1. The Morgan fingerprint density at radius 1 is 1.22 bits per heavy atom. The van der Waals surface area contributed by atoms with Crippen LogP contribution in [0.1, 0.15) is 24.9 Å². The Morgan fingerprint density at radius 3 is 2.94 bits per heavy atom. The fraction of sp³-hybridized carbons (Fsp3) is 0.571. The number of benzene rings is 1. The molecule has 1 aromatic rings. The first-order valence-corrected chi connectivity index (χ1v) is 7.62. The third kappa shape index (κ3) is 2.59. The maximum Gasteiger partial charge on any atom is 0.161 e. The first-order valence-electron chi connectivity index (χ1n) is 6.57. The van der Waals surface area contributed by atoms with Crippen LogP contribution in [0.5, 0.6) is 11.5 Å². The van der Waals surface area contributed by atoms with Crippen LogP contribution in [0.4, 0.5) is 0 Å². The number of ether oxygens (including phenoxy) is 2. The summed E-state index contributed by atoms with van der Waals surface area (Å²) in [6.07, 6.45) is 1.24. The summed E-state index contributed by atoms with van der Waals surface area (Å²) in [6, 6.07) is 6.74. The zero-order valence-electron chi connectivity index (χ0n) is 10.6. The molecule has 0 spiro atoms. The van der Waals surface area contributed by atoms with E-state index in [-0.39, 0.29) is 0 Å². The Kier molecular flexibility index (Phi) is 3.66. The van der Waals surface area contributed by atoms with Crippen molar-refractivity contribution in [3.63, 3.8) is 0 Å². The average Bonchev–Trinajstić information content (AvgIpc) is 2.63. The van der Waals surface area contributed by atoms with Gasteiger partial charge < -0.3 is 14.8 Å². The molecule has 4 heteroatoms. The monoisotopic (exact) mass is 265 g/mol. The van der Waals surface area contributed by atoms with Gasteiger partial charge in [0.15, 0.2) is 11.5 Å². The minimum Gasteiger partial charge on any atom is -0.486 e. The van der Waals surface area contributed by atoms with Crippen LogP contribution in [0.3, 0.4) is 0 Å². The van der Waals surface area contributed by atoms with Gasteiger partial charge in [0.2, 0.25) is 0 Å². The van der Waals surface area contributed by atoms with E-state index in [1.807, 2.05) is 17.8 Å². The number of hydrogen-bond acceptors (Lipinski definition) is 4. The van der Waals surface area contributed by atoms with Gasteiger partial charge >= 0.3 is 0 Å². The fourth-order valence-corrected chi connectivity index (χ4v) is 3.47. The highest BCUT2D eigenvalue weighted by Gasteiger charge is 2.20. The van der Waals surface area contributed by atoms with Crippen molar-refractivity contribution in [3.05, 3.63) is 23.8 Å². The second kappa shape index (κ2) is 5.41. The van der Waals surface area contributed by atoms with Crippen LogP contribution in [0, 0.1) is 0 Å². The van der Waals surface area contributed by atoms with Crippen molar-refractivity contribution in [2.75, 3.05) is 25.5 Å². The highest BCUT2D eigenvalue weighted by atomic mass is 32.2. The highest BCUT2D eigenvalue weighted by Crippen LogP contribution is 2.34. The molecule has 0 aromatic heterocycles. The Hall–Kier alpha value is -0.870. The van der Waals surface area contributed by atoms with E-state index in [0.29, 0.717) is 19.3 Å². The molecule has 2 atom stereocenters. The van der Waals surface area contributed by atoms with Gasteiger partial charge in [-0.1, -0.05) is 13.0 Å². The molecule has 1 fully saturated rings. The van der Waals surface area contributed by atoms with Gasteiger partial charge in [-0.2, -0.15) is 11.8 Å². The Morgan fingerprint density at radius 2 is 2.06 bits per heavy atom. The molecule has 0 bridgehead atoms. The Labute approximate surface area is 112 Å². The van der Waals surface area contributed by atoms with Crippen molar-refractivity contribution >= 4 is 11.8 Å². The van der Waals surface area contributed by atoms with E-state index in [2.05, 4.69) is 24.4 Å². The molecule has 1 N–H and O–H groups in total. The van der Waals surface area contributed by atoms with Crippen molar-refractivity contribution < 1.29 is 9.47 Å². The summed E-state index contributed by atoms with van der Waals surface area (Å²) >= 11 is 2.04. The molecule has 1 aromatic carbocycles. The quantitative estimate of drug-likeness (QED) is 0.845. The van der Waals surface area contributed by atoms with Crippen molar-refractivity contribution in [2.45, 2.75) is 24.6 Å². The zero-order chi connectivity index (χ0) is 12.4. The van der Waals surface area contributed by atoms with Crippen LogP contribution in [0.25, 0.3) is 0 Å². The van der Waals surface area contributed by atoms with E-state index in [1.54, 1.807) is 0 Å². The minimum atomic E-state index is 0.427. The van der Waals surface area contributed by atoms with Crippen LogP contribution < -0.4 is 14.8 Å². The summed E-state index contributed by atoms with van der Waals surface area (Å²) in [7, 11) is 0. The van der Waals surface area contributed by atoms with Crippen LogP contribution in [-0.2, 0) is 0 Å². The van der Waals surface area contributed by atoms with Gasteiger partial charge in [-0.15, -0.1) is 0 Å². The second-order valence-electron chi connectivity index (χ2n) is 4.84. The lowest BCUT2D eigenvalue weighted by molar-refractivity contribution is 0.171.